The van der Waals surface area contributed by atoms with Crippen LogP contribution in [0.1, 0.15) is 34.6 Å². The van der Waals surface area contributed by atoms with Crippen molar-refractivity contribution in [2.75, 3.05) is 11.5 Å². The molecule has 2 heteroatoms. The summed E-state index contributed by atoms with van der Waals surface area (Å²) in [4.78, 5) is 0. The van der Waals surface area contributed by atoms with Gasteiger partial charge in [-0.15, -0.1) is 23.5 Å². The maximum absolute atomic E-state index is 2.27. The monoisotopic (exact) mass is 180 g/mol. The van der Waals surface area contributed by atoms with Gasteiger partial charge in [0.2, 0.25) is 0 Å². The summed E-state index contributed by atoms with van der Waals surface area (Å²) >= 11 is 4.12. The second kappa shape index (κ2) is 12.4. The Morgan fingerprint density at radius 1 is 0.900 bits per heavy atom. The molecule has 64 valence electrons. The maximum atomic E-state index is 2.27. The average Bonchev–Trinajstić information content (AvgIpc) is 2.48. The maximum Gasteiger partial charge on any atom is 0.0474 e. The third kappa shape index (κ3) is 8.70. The van der Waals surface area contributed by atoms with Gasteiger partial charge in [-0.05, 0) is 6.92 Å². The summed E-state index contributed by atoms with van der Waals surface area (Å²) in [5.74, 6) is 2.73. The minimum absolute atomic E-state index is 0.880. The molecule has 0 unspecified atom stereocenters. The molecule has 0 atom stereocenters. The molecular weight excluding hydrogens is 160 g/mol. The molecular formula is C8H20S2. The lowest BCUT2D eigenvalue weighted by atomic mass is 11.0. The molecule has 1 aliphatic heterocycles. The molecule has 1 heterocycles. The van der Waals surface area contributed by atoms with E-state index in [0.717, 1.165) is 4.58 Å². The van der Waals surface area contributed by atoms with Gasteiger partial charge in [-0.2, -0.15) is 0 Å². The molecule has 1 saturated heterocycles. The van der Waals surface area contributed by atoms with Crippen molar-refractivity contribution in [3.05, 3.63) is 0 Å². The highest BCUT2D eigenvalue weighted by atomic mass is 32.2. The Bertz CT molecular complexity index is 40.5. The van der Waals surface area contributed by atoms with Gasteiger partial charge in [-0.3, -0.25) is 0 Å². The fraction of sp³-hybridized carbons (Fsp3) is 1.00. The van der Waals surface area contributed by atoms with Crippen molar-refractivity contribution in [1.29, 1.82) is 0 Å². The normalized spacial score (nSPS) is 16.5. The zero-order valence-electron chi connectivity index (χ0n) is 7.81. The van der Waals surface area contributed by atoms with Crippen molar-refractivity contribution in [3.63, 3.8) is 0 Å². The molecule has 0 aromatic heterocycles. The highest BCUT2D eigenvalue weighted by Crippen LogP contribution is 2.30. The number of hydrogen-bond donors (Lipinski definition) is 0. The molecule has 0 nitrogen and oxygen atoms in total. The quantitative estimate of drug-likeness (QED) is 0.555. The largest absolute Gasteiger partial charge is 0.147 e. The summed E-state index contributed by atoms with van der Waals surface area (Å²) < 4.78 is 0.880. The van der Waals surface area contributed by atoms with Crippen LogP contribution in [0, 0.1) is 0 Å². The summed E-state index contributed by atoms with van der Waals surface area (Å²) in [7, 11) is 0. The number of hydrogen-bond acceptors (Lipinski definition) is 2. The molecule has 0 amide bonds. The predicted molar refractivity (Wildman–Crippen MR) is 57.1 cm³/mol. The van der Waals surface area contributed by atoms with Crippen LogP contribution in [0.5, 0.6) is 0 Å². The molecule has 0 radical (unpaired) electrons. The Balaban J connectivity index is 0. The van der Waals surface area contributed by atoms with Crippen molar-refractivity contribution >= 4 is 23.5 Å². The van der Waals surface area contributed by atoms with Crippen molar-refractivity contribution in [2.24, 2.45) is 0 Å². The van der Waals surface area contributed by atoms with Crippen LogP contribution in [-0.2, 0) is 0 Å². The summed E-state index contributed by atoms with van der Waals surface area (Å²) in [5, 5.41) is 0. The summed E-state index contributed by atoms with van der Waals surface area (Å²) in [6.07, 6.45) is 0. The molecule has 1 aliphatic rings. The van der Waals surface area contributed by atoms with Gasteiger partial charge in [0.05, 0.1) is 0 Å². The zero-order chi connectivity index (χ0) is 8.41. The topological polar surface area (TPSA) is 0 Å². The smallest absolute Gasteiger partial charge is 0.0474 e. The molecule has 0 spiro atoms. The fourth-order valence-electron chi connectivity index (χ4n) is 0.476. The SMILES string of the molecule is CC.CC.CC1SCCS1. The summed E-state index contributed by atoms with van der Waals surface area (Å²) in [6.45, 7) is 10.3. The van der Waals surface area contributed by atoms with Crippen molar-refractivity contribution in [2.45, 2.75) is 39.2 Å². The van der Waals surface area contributed by atoms with Crippen LogP contribution < -0.4 is 0 Å². The Morgan fingerprint density at radius 3 is 1.30 bits per heavy atom. The van der Waals surface area contributed by atoms with Gasteiger partial charge < -0.3 is 0 Å². The van der Waals surface area contributed by atoms with Crippen molar-refractivity contribution in [3.8, 4) is 0 Å². The Kier molecular flexibility index (Phi) is 16.5. The number of rotatable bonds is 0. The second-order valence-corrected chi connectivity index (χ2v) is 4.50. The Labute approximate surface area is 74.5 Å². The van der Waals surface area contributed by atoms with E-state index in [9.17, 15) is 0 Å². The first-order valence-corrected chi connectivity index (χ1v) is 6.22. The average molecular weight is 180 g/mol. The van der Waals surface area contributed by atoms with E-state index in [1.165, 1.54) is 11.5 Å². The molecule has 0 N–H and O–H groups in total. The fourth-order valence-corrected chi connectivity index (χ4v) is 2.87. The van der Waals surface area contributed by atoms with Crippen LogP contribution in [0.25, 0.3) is 0 Å². The van der Waals surface area contributed by atoms with Crippen LogP contribution in [0.4, 0.5) is 0 Å². The minimum Gasteiger partial charge on any atom is -0.147 e. The van der Waals surface area contributed by atoms with Crippen LogP contribution in [0.15, 0.2) is 0 Å². The first kappa shape index (κ1) is 13.3. The first-order chi connectivity index (χ1) is 4.89. The van der Waals surface area contributed by atoms with E-state index in [1.54, 1.807) is 0 Å². The minimum atomic E-state index is 0.880. The highest BCUT2D eigenvalue weighted by molar-refractivity contribution is 8.20. The van der Waals surface area contributed by atoms with Crippen LogP contribution >= 0.6 is 23.5 Å². The lowest BCUT2D eigenvalue weighted by Gasteiger charge is -1.90. The number of thioether (sulfide) groups is 2. The van der Waals surface area contributed by atoms with Gasteiger partial charge in [0.15, 0.2) is 0 Å². The Hall–Kier alpha value is 0.700. The van der Waals surface area contributed by atoms with Gasteiger partial charge in [0, 0.05) is 16.1 Å². The van der Waals surface area contributed by atoms with E-state index in [1.807, 2.05) is 27.7 Å². The molecule has 0 saturated carbocycles. The molecule has 10 heavy (non-hydrogen) atoms. The Morgan fingerprint density at radius 2 is 1.20 bits per heavy atom. The summed E-state index contributed by atoms with van der Waals surface area (Å²) in [5.41, 5.74) is 0. The second-order valence-electron chi connectivity index (χ2n) is 1.31. The lowest BCUT2D eigenvalue weighted by molar-refractivity contribution is 1.44. The van der Waals surface area contributed by atoms with Crippen molar-refractivity contribution < 1.29 is 0 Å². The van der Waals surface area contributed by atoms with E-state index in [2.05, 4.69) is 30.4 Å². The zero-order valence-corrected chi connectivity index (χ0v) is 9.44. The van der Waals surface area contributed by atoms with E-state index in [0.29, 0.717) is 0 Å². The third-order valence-electron chi connectivity index (χ3n) is 0.788. The predicted octanol–water partition coefficient (Wildman–Crippen LogP) is 3.86. The third-order valence-corrected chi connectivity index (χ3v) is 3.68. The molecule has 0 aromatic carbocycles. The first-order valence-electron chi connectivity index (χ1n) is 4.13. The summed E-state index contributed by atoms with van der Waals surface area (Å²) in [6, 6.07) is 0. The van der Waals surface area contributed by atoms with Gasteiger partial charge in [-0.1, -0.05) is 27.7 Å². The standard InChI is InChI=1S/C4H8S2.2C2H6/c1-4-5-2-3-6-4;2*1-2/h4H,2-3H2,1H3;2*1-2H3. The van der Waals surface area contributed by atoms with Gasteiger partial charge in [0.1, 0.15) is 0 Å². The molecule has 0 aromatic rings. The van der Waals surface area contributed by atoms with Crippen molar-refractivity contribution in [1.82, 2.24) is 0 Å². The van der Waals surface area contributed by atoms with Crippen LogP contribution in [0.3, 0.4) is 0 Å². The van der Waals surface area contributed by atoms with E-state index in [4.69, 9.17) is 0 Å². The van der Waals surface area contributed by atoms with Crippen LogP contribution in [0.2, 0.25) is 0 Å². The molecule has 0 bridgehead atoms. The van der Waals surface area contributed by atoms with Gasteiger partial charge in [0.25, 0.3) is 0 Å². The molecule has 1 rings (SSSR count). The van der Waals surface area contributed by atoms with E-state index in [-0.39, 0.29) is 0 Å². The van der Waals surface area contributed by atoms with E-state index < -0.39 is 0 Å². The highest BCUT2D eigenvalue weighted by Gasteiger charge is 2.08. The van der Waals surface area contributed by atoms with E-state index >= 15 is 0 Å². The molecule has 1 fully saturated rings. The van der Waals surface area contributed by atoms with Gasteiger partial charge in [-0.25, -0.2) is 0 Å². The van der Waals surface area contributed by atoms with Gasteiger partial charge >= 0.3 is 0 Å². The lowest BCUT2D eigenvalue weighted by Crippen LogP contribution is -1.74. The molecule has 0 aliphatic carbocycles. The van der Waals surface area contributed by atoms with Crippen LogP contribution in [-0.4, -0.2) is 16.1 Å².